The van der Waals surface area contributed by atoms with Crippen LogP contribution in [0.4, 0.5) is 0 Å². The molecule has 0 aliphatic heterocycles. The van der Waals surface area contributed by atoms with Crippen LogP contribution in [0.3, 0.4) is 0 Å². The fraction of sp³-hybridized carbons (Fsp3) is 1.00. The van der Waals surface area contributed by atoms with Gasteiger partial charge in [0.2, 0.25) is 0 Å². The molecule has 0 amide bonds. The van der Waals surface area contributed by atoms with Crippen molar-refractivity contribution in [3.63, 3.8) is 0 Å². The van der Waals surface area contributed by atoms with Gasteiger partial charge in [0.05, 0.1) is 0 Å². The standard InChI is InChI=1S/C17H38N2/c1-7-17(8-2)19(14-15(4)5)13-11-10-12-16(6)18-9-3/h15-18H,7-14H2,1-6H3. The summed E-state index contributed by atoms with van der Waals surface area (Å²) in [6.45, 7) is 17.5. The van der Waals surface area contributed by atoms with Crippen LogP contribution < -0.4 is 5.32 Å². The molecule has 0 aromatic heterocycles. The Morgan fingerprint density at radius 3 is 2.05 bits per heavy atom. The molecule has 2 nitrogen and oxygen atoms in total. The topological polar surface area (TPSA) is 15.3 Å². The lowest BCUT2D eigenvalue weighted by atomic mass is 10.1. The van der Waals surface area contributed by atoms with E-state index in [1.165, 1.54) is 45.2 Å². The molecule has 1 atom stereocenters. The van der Waals surface area contributed by atoms with E-state index in [9.17, 15) is 0 Å². The first-order valence-corrected chi connectivity index (χ1v) is 8.52. The predicted molar refractivity (Wildman–Crippen MR) is 87.8 cm³/mol. The third kappa shape index (κ3) is 9.45. The van der Waals surface area contributed by atoms with Crippen LogP contribution in [0, 0.1) is 5.92 Å². The Morgan fingerprint density at radius 2 is 1.58 bits per heavy atom. The van der Waals surface area contributed by atoms with Gasteiger partial charge in [-0.15, -0.1) is 0 Å². The lowest BCUT2D eigenvalue weighted by Crippen LogP contribution is -2.38. The van der Waals surface area contributed by atoms with E-state index in [4.69, 9.17) is 0 Å². The van der Waals surface area contributed by atoms with Crippen molar-refractivity contribution in [2.45, 2.75) is 85.7 Å². The van der Waals surface area contributed by atoms with Gasteiger partial charge >= 0.3 is 0 Å². The van der Waals surface area contributed by atoms with Gasteiger partial charge in [0.15, 0.2) is 0 Å². The van der Waals surface area contributed by atoms with Crippen LogP contribution in [0.25, 0.3) is 0 Å². The summed E-state index contributed by atoms with van der Waals surface area (Å²) in [5.74, 6) is 0.779. The molecule has 0 saturated heterocycles. The fourth-order valence-electron chi connectivity index (χ4n) is 2.91. The summed E-state index contributed by atoms with van der Waals surface area (Å²) in [7, 11) is 0. The predicted octanol–water partition coefficient (Wildman–Crippen LogP) is 4.30. The molecule has 2 heteroatoms. The van der Waals surface area contributed by atoms with Crippen molar-refractivity contribution in [2.24, 2.45) is 5.92 Å². The Morgan fingerprint density at radius 1 is 0.947 bits per heavy atom. The van der Waals surface area contributed by atoms with Crippen LogP contribution in [0.1, 0.15) is 73.6 Å². The molecular weight excluding hydrogens is 232 g/mol. The third-order valence-electron chi connectivity index (χ3n) is 3.94. The van der Waals surface area contributed by atoms with Crippen LogP contribution in [-0.2, 0) is 0 Å². The SMILES string of the molecule is CCNC(C)CCCCN(CC(C)C)C(CC)CC. The highest BCUT2D eigenvalue weighted by Crippen LogP contribution is 2.13. The molecule has 0 saturated carbocycles. The molecule has 19 heavy (non-hydrogen) atoms. The van der Waals surface area contributed by atoms with E-state index < -0.39 is 0 Å². The molecule has 0 radical (unpaired) electrons. The van der Waals surface area contributed by atoms with E-state index in [2.05, 4.69) is 51.8 Å². The number of hydrogen-bond acceptors (Lipinski definition) is 2. The van der Waals surface area contributed by atoms with Crippen LogP contribution in [-0.4, -0.2) is 36.6 Å². The maximum Gasteiger partial charge on any atom is 0.00901 e. The maximum atomic E-state index is 3.50. The Balaban J connectivity index is 3.98. The van der Waals surface area contributed by atoms with Crippen molar-refractivity contribution < 1.29 is 0 Å². The van der Waals surface area contributed by atoms with E-state index in [-0.39, 0.29) is 0 Å². The van der Waals surface area contributed by atoms with Crippen LogP contribution in [0.5, 0.6) is 0 Å². The van der Waals surface area contributed by atoms with E-state index in [1.807, 2.05) is 0 Å². The van der Waals surface area contributed by atoms with Crippen molar-refractivity contribution in [3.05, 3.63) is 0 Å². The van der Waals surface area contributed by atoms with Gasteiger partial charge in [-0.05, 0) is 51.6 Å². The van der Waals surface area contributed by atoms with Crippen molar-refractivity contribution in [2.75, 3.05) is 19.6 Å². The second-order valence-electron chi connectivity index (χ2n) is 6.31. The lowest BCUT2D eigenvalue weighted by Gasteiger charge is -2.32. The zero-order chi connectivity index (χ0) is 14.7. The molecule has 0 aliphatic carbocycles. The minimum atomic E-state index is 0.677. The summed E-state index contributed by atoms with van der Waals surface area (Å²) in [4.78, 5) is 2.72. The average Bonchev–Trinajstić information content (AvgIpc) is 2.35. The molecule has 0 rings (SSSR count). The molecule has 0 aromatic carbocycles. The first-order chi connectivity index (χ1) is 9.04. The Hall–Kier alpha value is -0.0800. The summed E-state index contributed by atoms with van der Waals surface area (Å²) < 4.78 is 0. The molecule has 0 spiro atoms. The first-order valence-electron chi connectivity index (χ1n) is 8.52. The summed E-state index contributed by atoms with van der Waals surface area (Å²) in [6.07, 6.45) is 6.59. The van der Waals surface area contributed by atoms with Crippen molar-refractivity contribution in [1.29, 1.82) is 0 Å². The van der Waals surface area contributed by atoms with Gasteiger partial charge in [-0.25, -0.2) is 0 Å². The average molecular weight is 271 g/mol. The van der Waals surface area contributed by atoms with Gasteiger partial charge in [0.1, 0.15) is 0 Å². The van der Waals surface area contributed by atoms with Crippen molar-refractivity contribution >= 4 is 0 Å². The molecule has 0 aromatic rings. The second kappa shape index (κ2) is 11.7. The number of rotatable bonds is 12. The first kappa shape index (κ1) is 18.9. The lowest BCUT2D eigenvalue weighted by molar-refractivity contribution is 0.162. The van der Waals surface area contributed by atoms with E-state index >= 15 is 0 Å². The smallest absolute Gasteiger partial charge is 0.00901 e. The van der Waals surface area contributed by atoms with E-state index in [0.29, 0.717) is 6.04 Å². The van der Waals surface area contributed by atoms with Gasteiger partial charge in [0.25, 0.3) is 0 Å². The number of nitrogens with one attached hydrogen (secondary N) is 1. The molecule has 0 aliphatic rings. The number of nitrogens with zero attached hydrogens (tertiary/aromatic N) is 1. The second-order valence-corrected chi connectivity index (χ2v) is 6.31. The molecule has 0 heterocycles. The zero-order valence-corrected chi connectivity index (χ0v) is 14.3. The van der Waals surface area contributed by atoms with Gasteiger partial charge in [-0.3, -0.25) is 0 Å². The molecule has 0 fully saturated rings. The monoisotopic (exact) mass is 270 g/mol. The molecule has 1 N–H and O–H groups in total. The van der Waals surface area contributed by atoms with E-state index in [0.717, 1.165) is 18.5 Å². The third-order valence-corrected chi connectivity index (χ3v) is 3.94. The fourth-order valence-corrected chi connectivity index (χ4v) is 2.91. The van der Waals surface area contributed by atoms with Gasteiger partial charge in [0, 0.05) is 18.6 Å². The summed E-state index contributed by atoms with van der Waals surface area (Å²) in [6, 6.07) is 1.46. The number of hydrogen-bond donors (Lipinski definition) is 1. The highest BCUT2D eigenvalue weighted by molar-refractivity contribution is 4.71. The largest absolute Gasteiger partial charge is 0.315 e. The molecule has 1 unspecified atom stereocenters. The van der Waals surface area contributed by atoms with Crippen molar-refractivity contribution in [1.82, 2.24) is 10.2 Å². The molecule has 116 valence electrons. The highest BCUT2D eigenvalue weighted by Gasteiger charge is 2.15. The van der Waals surface area contributed by atoms with Gasteiger partial charge < -0.3 is 10.2 Å². The Labute approximate surface area is 122 Å². The normalized spacial score (nSPS) is 13.7. The Bertz CT molecular complexity index is 188. The van der Waals surface area contributed by atoms with E-state index in [1.54, 1.807) is 0 Å². The van der Waals surface area contributed by atoms with Gasteiger partial charge in [-0.2, -0.15) is 0 Å². The van der Waals surface area contributed by atoms with Gasteiger partial charge in [-0.1, -0.05) is 41.0 Å². The summed E-state index contributed by atoms with van der Waals surface area (Å²) in [5.41, 5.74) is 0. The minimum Gasteiger partial charge on any atom is -0.315 e. The highest BCUT2D eigenvalue weighted by atomic mass is 15.1. The zero-order valence-electron chi connectivity index (χ0n) is 14.3. The summed E-state index contributed by atoms with van der Waals surface area (Å²) in [5, 5.41) is 3.50. The van der Waals surface area contributed by atoms with Crippen LogP contribution in [0.2, 0.25) is 0 Å². The Kier molecular flexibility index (Phi) is 11.7. The quantitative estimate of drug-likeness (QED) is 0.532. The van der Waals surface area contributed by atoms with Crippen molar-refractivity contribution in [3.8, 4) is 0 Å². The van der Waals surface area contributed by atoms with Crippen LogP contribution >= 0.6 is 0 Å². The molecule has 0 bridgehead atoms. The van der Waals surface area contributed by atoms with Crippen LogP contribution in [0.15, 0.2) is 0 Å². The molecular formula is C17H38N2. The minimum absolute atomic E-state index is 0.677. The number of unbranched alkanes of at least 4 members (excludes halogenated alkanes) is 1. The summed E-state index contributed by atoms with van der Waals surface area (Å²) >= 11 is 0. The maximum absolute atomic E-state index is 3.50.